The molecule has 8 heterocycles. The molecule has 0 spiro atoms. The van der Waals surface area contributed by atoms with Gasteiger partial charge in [-0.2, -0.15) is 0 Å². The summed E-state index contributed by atoms with van der Waals surface area (Å²) in [6.45, 7) is 15.1. The first-order chi connectivity index (χ1) is 60.1. The topological polar surface area (TPSA) is 653 Å². The molecule has 17 unspecified atom stereocenters. The van der Waals surface area contributed by atoms with E-state index < -0.39 is 342 Å². The van der Waals surface area contributed by atoms with Gasteiger partial charge in [0.15, 0.2) is 50.1 Å². The van der Waals surface area contributed by atoms with E-state index in [1.165, 1.54) is 20.8 Å². The number of esters is 1. The minimum atomic E-state index is -2.26. The molecule has 42 nitrogen and oxygen atoms in total. The molecule has 12 fully saturated rings. The van der Waals surface area contributed by atoms with Crippen LogP contribution in [-0.4, -0.2) is 410 Å². The second-order valence-corrected chi connectivity index (χ2v) is 40.3. The van der Waals surface area contributed by atoms with Crippen LogP contribution in [-0.2, 0) is 95.0 Å². The number of hydrogen-bond acceptors (Lipinski definition) is 41. The van der Waals surface area contributed by atoms with Crippen molar-refractivity contribution in [2.45, 2.75) is 393 Å². The van der Waals surface area contributed by atoms with Gasteiger partial charge in [0.25, 0.3) is 0 Å². The maximum absolute atomic E-state index is 16.7. The summed E-state index contributed by atoms with van der Waals surface area (Å²) in [5, 5.41) is 239. The molecule has 5 aliphatic carbocycles. The van der Waals surface area contributed by atoms with E-state index in [1.807, 2.05) is 27.7 Å². The summed E-state index contributed by atoms with van der Waals surface area (Å²) in [7, 11) is 0. The summed E-state index contributed by atoms with van der Waals surface area (Å²) in [4.78, 5) is 58.4. The first-order valence-corrected chi connectivity index (χ1v) is 45.1. The molecule has 13 rings (SSSR count). The molecule has 0 aromatic carbocycles. The predicted octanol–water partition coefficient (Wildman–Crippen LogP) is -6.07. The van der Waals surface area contributed by atoms with Crippen LogP contribution in [0.2, 0.25) is 0 Å². The molecule has 8 saturated heterocycles. The molecule has 0 aromatic heterocycles. The van der Waals surface area contributed by atoms with E-state index >= 15 is 4.79 Å². The van der Waals surface area contributed by atoms with E-state index in [9.17, 15) is 122 Å². The maximum atomic E-state index is 16.7. The first kappa shape index (κ1) is 102. The van der Waals surface area contributed by atoms with Gasteiger partial charge < -0.3 is 198 Å². The molecule has 8 aliphatic heterocycles. The Labute approximate surface area is 741 Å². The van der Waals surface area contributed by atoms with Crippen molar-refractivity contribution in [1.82, 2.24) is 5.32 Å². The molecule has 13 aliphatic rings. The Hall–Kier alpha value is -3.42. The minimum Gasteiger partial charge on any atom is -0.432 e. The van der Waals surface area contributed by atoms with Crippen molar-refractivity contribution in [3.05, 3.63) is 11.6 Å². The maximum Gasteiger partial charge on any atom is 0.317 e. The summed E-state index contributed by atoms with van der Waals surface area (Å²) in [5.74, 6) is -4.13. The predicted molar refractivity (Wildman–Crippen MR) is 428 cm³/mol. The first-order valence-electron chi connectivity index (χ1n) is 45.1. The van der Waals surface area contributed by atoms with E-state index in [0.29, 0.717) is 38.5 Å². The number of aliphatic hydroxyl groups excluding tert-OH is 20. The number of Topliss-reactive ketones (excluding diaryl/α,β-unsaturated/α-hetero) is 1. The van der Waals surface area contributed by atoms with Crippen molar-refractivity contribution in [2.24, 2.45) is 62.1 Å². The van der Waals surface area contributed by atoms with Crippen molar-refractivity contribution in [3.63, 3.8) is 0 Å². The Bertz CT molecular complexity index is 3780. The van der Waals surface area contributed by atoms with Crippen molar-refractivity contribution in [1.29, 1.82) is 0 Å². The molecule has 128 heavy (non-hydrogen) atoms. The van der Waals surface area contributed by atoms with E-state index in [0.717, 1.165) is 11.9 Å². The molecule has 48 atom stereocenters. The molecule has 4 saturated carbocycles. The van der Waals surface area contributed by atoms with Gasteiger partial charge in [-0.05, 0) is 136 Å². The molecule has 0 radical (unpaired) electrons. The van der Waals surface area contributed by atoms with Crippen LogP contribution in [0.15, 0.2) is 11.6 Å². The normalized spacial score (nSPS) is 51.0. The molecule has 0 bridgehead atoms. The summed E-state index contributed by atoms with van der Waals surface area (Å²) < 4.78 is 99.0. The third kappa shape index (κ3) is 19.0. The number of aliphatic hydroxyl groups is 21. The molecular formula is C86H139NO41. The largest absolute Gasteiger partial charge is 0.432 e. The Morgan fingerprint density at radius 3 is 1.73 bits per heavy atom. The SMILES string of the molecule is CC[C@@H](C)[C@@H](CC(C)=O)C[C@H](O)CC(=O)N[C@H]1C(CO)O[C@@H](OC(=O)[C@]23CCC(C)(C)CC2C2=CCC4C5(C)CC[C@H](O[C@@H]6OC[C@@H](O)[C@H](O[C@@H]7OC[C@@H](O)[C@H](O)C7O)C6O[C@@H]6OC(CO)[C@H](O)[C@H](O)C6O)[C@](C)(C=O)[C@@H]5CCC4(C)[C@]2(C)CC3O)[C@H](O[C@@H]2OC(C)[C@H](O[C@@H]3OC[C@@H](O)C(O[C@@H]4OC[C@@](O)(CO)C4O)[C@H]3O)C(O)[C@@H]2O)C1O[C@@H]1OC(C)[C@H](O)[C@H](O)C1O. The molecule has 734 valence electrons. The van der Waals surface area contributed by atoms with E-state index in [4.69, 9.17) is 75.8 Å². The number of ketones is 1. The molecule has 42 heteroatoms. The van der Waals surface area contributed by atoms with Crippen LogP contribution in [0, 0.1) is 62.1 Å². The Morgan fingerprint density at radius 2 is 1.10 bits per heavy atom. The van der Waals surface area contributed by atoms with Gasteiger partial charge in [-0.1, -0.05) is 73.5 Å². The lowest BCUT2D eigenvalue weighted by Gasteiger charge is -2.71. The number of carbonyl (C=O) groups excluding carboxylic acids is 4. The van der Waals surface area contributed by atoms with E-state index in [1.54, 1.807) is 6.92 Å². The number of amides is 1. The van der Waals surface area contributed by atoms with Crippen LogP contribution in [0.5, 0.6) is 0 Å². The number of rotatable bonds is 29. The highest BCUT2D eigenvalue weighted by molar-refractivity contribution is 5.80. The number of hydrogen-bond donors (Lipinski definition) is 22. The van der Waals surface area contributed by atoms with Gasteiger partial charge in [0, 0.05) is 6.42 Å². The highest BCUT2D eigenvalue weighted by Gasteiger charge is 2.74. The standard InChI is InChI=1S/C86H139NO41/c1-12-34(2)38(21-35(3)92)22-39(93)23-51(98)87-52-45(26-88)119-77(69(67(52)125-73-60(106)56(102)53(99)36(4)117-73)127-74-62(108)58(104)64(37(5)118-74)122-72-63(109)65(43(95)29-114-72)123-78-70(110)85(112,32-91)33-116-78)128-79(111)86-20-19-80(6,7)24-41(86)40-13-14-48-81(8)17-16-50(82(9,31-90)47(81)15-18-83(48,10)84(40,11)25-49(86)97)121-76-68(126-75-61(107)57(103)55(101)46(27-89)120-75)66(44(96)30-115-76)124-71-59(105)54(100)42(94)28-113-71/h13,31,34,36-39,41-50,52-78,88-89,91,93-97,99-110,112H,12,14-30,32-33H2,1-11H3,(H,87,98)/t34-,36?,37?,38+,39+,41?,42-,43-,44-,45?,46?,47-,48?,49?,50+,52+,53+,54+,55+,56+,57+,58?,59?,60?,61?,62+,63-,64+,65?,66+,67?,68?,69-,70?,71+,72+,73+,74+,75+,76+,77+,78+,81?,82-,83?,84-,85+,86-/m1/s1. The quantitative estimate of drug-likeness (QED) is 0.0143. The minimum absolute atomic E-state index is 0.0110. The van der Waals surface area contributed by atoms with Crippen molar-refractivity contribution in [2.75, 3.05) is 46.2 Å². The fourth-order valence-electron chi connectivity index (χ4n) is 23.5. The fraction of sp³-hybridized carbons (Fsp3) is 0.930. The zero-order valence-corrected chi connectivity index (χ0v) is 74.1. The second kappa shape index (κ2) is 40.0. The van der Waals surface area contributed by atoms with Gasteiger partial charge in [0.05, 0.1) is 94.6 Å². The van der Waals surface area contributed by atoms with Gasteiger partial charge in [-0.15, -0.1) is 0 Å². The third-order valence-electron chi connectivity index (χ3n) is 31.7. The zero-order valence-electron chi connectivity index (χ0n) is 74.1. The van der Waals surface area contributed by atoms with E-state index in [2.05, 4.69) is 32.2 Å². The van der Waals surface area contributed by atoms with Gasteiger partial charge in [-0.25, -0.2) is 0 Å². The summed E-state index contributed by atoms with van der Waals surface area (Å²) in [5.41, 5.74) is -7.47. The van der Waals surface area contributed by atoms with Gasteiger partial charge >= 0.3 is 5.97 Å². The van der Waals surface area contributed by atoms with Crippen molar-refractivity contribution in [3.8, 4) is 0 Å². The fourth-order valence-corrected chi connectivity index (χ4v) is 23.5. The highest BCUT2D eigenvalue weighted by Crippen LogP contribution is 2.76. The smallest absolute Gasteiger partial charge is 0.317 e. The Kier molecular flexibility index (Phi) is 31.8. The molecule has 22 N–H and O–H groups in total. The number of fused-ring (bicyclic) bond motifs is 7. The number of aldehydes is 1. The Balaban J connectivity index is 0.811. The molecule has 0 aromatic rings. The second-order valence-electron chi connectivity index (χ2n) is 40.3. The van der Waals surface area contributed by atoms with E-state index in [-0.39, 0.29) is 62.1 Å². The average Bonchev–Trinajstić information content (AvgIpc) is 0.809. The van der Waals surface area contributed by atoms with Crippen LogP contribution in [0.3, 0.4) is 0 Å². The van der Waals surface area contributed by atoms with Gasteiger partial charge in [0.2, 0.25) is 12.2 Å². The lowest BCUT2D eigenvalue weighted by Crippen LogP contribution is -2.71. The van der Waals surface area contributed by atoms with Crippen molar-refractivity contribution >= 4 is 23.9 Å². The van der Waals surface area contributed by atoms with Crippen LogP contribution in [0.4, 0.5) is 0 Å². The van der Waals surface area contributed by atoms with Crippen LogP contribution in [0.25, 0.3) is 0 Å². The lowest BCUT2D eigenvalue weighted by molar-refractivity contribution is -0.386. The average molecular weight is 1840 g/mol. The number of nitrogens with one attached hydrogen (secondary N) is 1. The number of allylic oxidation sites excluding steroid dienone is 2. The Morgan fingerprint density at radius 1 is 0.547 bits per heavy atom. The number of carbonyl (C=O) groups is 4. The monoisotopic (exact) mass is 1840 g/mol. The van der Waals surface area contributed by atoms with Crippen LogP contribution < -0.4 is 5.32 Å². The summed E-state index contributed by atoms with van der Waals surface area (Å²) in [6.07, 6.45) is -58.7. The van der Waals surface area contributed by atoms with Crippen molar-refractivity contribution < 1.29 is 202 Å². The van der Waals surface area contributed by atoms with Crippen LogP contribution >= 0.6 is 0 Å². The summed E-state index contributed by atoms with van der Waals surface area (Å²) >= 11 is 0. The zero-order chi connectivity index (χ0) is 93.6. The highest BCUT2D eigenvalue weighted by atomic mass is 16.8. The third-order valence-corrected chi connectivity index (χ3v) is 31.7. The molecule has 1 amide bonds. The number of ether oxygens (including phenoxy) is 16. The molecular weight excluding hydrogens is 1700 g/mol. The van der Waals surface area contributed by atoms with Gasteiger partial charge in [-0.3, -0.25) is 9.59 Å². The summed E-state index contributed by atoms with van der Waals surface area (Å²) in [6, 6.07) is -1.75. The lowest BCUT2D eigenvalue weighted by atomic mass is 9.33. The van der Waals surface area contributed by atoms with Crippen LogP contribution in [0.1, 0.15) is 160 Å². The van der Waals surface area contributed by atoms with Gasteiger partial charge in [0.1, 0.15) is 157 Å².